The lowest BCUT2D eigenvalue weighted by Gasteiger charge is -2.21. The third kappa shape index (κ3) is 2.94. The smallest absolute Gasteiger partial charge is 0.254 e. The third-order valence-electron chi connectivity index (χ3n) is 3.56. The van der Waals surface area contributed by atoms with Crippen molar-refractivity contribution in [2.45, 2.75) is 25.8 Å². The second-order valence-corrected chi connectivity index (χ2v) is 4.86. The van der Waals surface area contributed by atoms with Crippen molar-refractivity contribution in [3.05, 3.63) is 29.3 Å². The van der Waals surface area contributed by atoms with Gasteiger partial charge in [0, 0.05) is 18.2 Å². The van der Waals surface area contributed by atoms with E-state index in [1.807, 2.05) is 4.90 Å². The van der Waals surface area contributed by atoms with E-state index in [2.05, 4.69) is 18.8 Å². The number of amides is 1. The Kier molecular flexibility index (Phi) is 4.65. The number of carbonyl (C=O) groups is 1. The van der Waals surface area contributed by atoms with E-state index in [4.69, 9.17) is 9.84 Å². The number of carbonyl (C=O) groups excluding carboxylic acids is 1. The summed E-state index contributed by atoms with van der Waals surface area (Å²) in [4.78, 5) is 14.4. The molecule has 1 amide bonds. The van der Waals surface area contributed by atoms with Crippen molar-refractivity contribution in [2.75, 3.05) is 20.3 Å². The fourth-order valence-electron chi connectivity index (χ4n) is 2.47. The summed E-state index contributed by atoms with van der Waals surface area (Å²) < 4.78 is 5.21. The van der Waals surface area contributed by atoms with Crippen molar-refractivity contribution < 1.29 is 14.6 Å². The number of likely N-dealkylation sites (tertiary alicyclic amines) is 1. The van der Waals surface area contributed by atoms with Crippen molar-refractivity contribution in [3.8, 4) is 17.6 Å². The molecule has 1 unspecified atom stereocenters. The first-order valence-electron chi connectivity index (χ1n) is 6.76. The Hall–Kier alpha value is -1.99. The minimum absolute atomic E-state index is 0.0321. The topological polar surface area (TPSA) is 49.8 Å². The van der Waals surface area contributed by atoms with Crippen LogP contribution < -0.4 is 4.74 Å². The normalized spacial score (nSPS) is 17.6. The molecule has 1 N–H and O–H groups in total. The van der Waals surface area contributed by atoms with Gasteiger partial charge in [0.2, 0.25) is 0 Å². The largest absolute Gasteiger partial charge is 0.495 e. The van der Waals surface area contributed by atoms with Gasteiger partial charge in [-0.3, -0.25) is 4.79 Å². The highest BCUT2D eigenvalue weighted by Crippen LogP contribution is 2.23. The number of benzene rings is 1. The number of nitrogens with zero attached hydrogens (tertiary/aromatic N) is 1. The number of ether oxygens (including phenoxy) is 1. The minimum atomic E-state index is -0.218. The highest BCUT2D eigenvalue weighted by Gasteiger charge is 2.26. The lowest BCUT2D eigenvalue weighted by Crippen LogP contribution is -2.33. The van der Waals surface area contributed by atoms with Crippen molar-refractivity contribution in [1.29, 1.82) is 0 Å². The maximum Gasteiger partial charge on any atom is 0.254 e. The van der Waals surface area contributed by atoms with Crippen molar-refractivity contribution in [3.63, 3.8) is 0 Å². The molecule has 0 saturated carbocycles. The SMILES string of the molecule is COc1ccc(C(=O)N2CCCC2C)cc1C#CCO. The molecule has 2 rings (SSSR count). The minimum Gasteiger partial charge on any atom is -0.495 e. The molecule has 4 heteroatoms. The van der Waals surface area contributed by atoms with Gasteiger partial charge in [0.15, 0.2) is 0 Å². The van der Waals surface area contributed by atoms with Crippen LogP contribution in [0.4, 0.5) is 0 Å². The summed E-state index contributed by atoms with van der Waals surface area (Å²) in [7, 11) is 1.56. The van der Waals surface area contributed by atoms with Crippen molar-refractivity contribution >= 4 is 5.91 Å². The monoisotopic (exact) mass is 273 g/mol. The van der Waals surface area contributed by atoms with Gasteiger partial charge < -0.3 is 14.7 Å². The molecular formula is C16H19NO3. The Balaban J connectivity index is 2.30. The molecule has 1 atom stereocenters. The molecule has 106 valence electrons. The van der Waals surface area contributed by atoms with Crippen molar-refractivity contribution in [1.82, 2.24) is 4.90 Å². The number of methoxy groups -OCH3 is 1. The Bertz CT molecular complexity index is 557. The molecule has 0 spiro atoms. The second-order valence-electron chi connectivity index (χ2n) is 4.86. The first kappa shape index (κ1) is 14.4. The summed E-state index contributed by atoms with van der Waals surface area (Å²) in [5.41, 5.74) is 1.24. The maximum atomic E-state index is 12.5. The second kappa shape index (κ2) is 6.44. The average molecular weight is 273 g/mol. The van der Waals surface area contributed by atoms with Gasteiger partial charge in [-0.25, -0.2) is 0 Å². The lowest BCUT2D eigenvalue weighted by molar-refractivity contribution is 0.0747. The molecular weight excluding hydrogens is 254 g/mol. The number of aliphatic hydroxyl groups excluding tert-OH is 1. The van der Waals surface area contributed by atoms with Crippen LogP contribution >= 0.6 is 0 Å². The molecule has 1 fully saturated rings. The van der Waals surface area contributed by atoms with Crippen LogP contribution in [0.15, 0.2) is 18.2 Å². The number of hydrogen-bond acceptors (Lipinski definition) is 3. The van der Waals surface area contributed by atoms with Crippen LogP contribution in [0.5, 0.6) is 5.75 Å². The molecule has 1 saturated heterocycles. The molecule has 1 aliphatic heterocycles. The molecule has 1 heterocycles. The van der Waals surface area contributed by atoms with E-state index in [1.165, 1.54) is 0 Å². The number of aliphatic hydroxyl groups is 1. The predicted molar refractivity (Wildman–Crippen MR) is 76.7 cm³/mol. The van der Waals surface area contributed by atoms with E-state index >= 15 is 0 Å². The average Bonchev–Trinajstić information content (AvgIpc) is 2.90. The van der Waals surface area contributed by atoms with E-state index < -0.39 is 0 Å². The van der Waals surface area contributed by atoms with Crippen molar-refractivity contribution in [2.24, 2.45) is 0 Å². The Morgan fingerprint density at radius 2 is 2.35 bits per heavy atom. The summed E-state index contributed by atoms with van der Waals surface area (Å²) in [5, 5.41) is 8.79. The van der Waals surface area contributed by atoms with E-state index in [9.17, 15) is 4.79 Å². The van der Waals surface area contributed by atoms with Gasteiger partial charge in [0.1, 0.15) is 12.4 Å². The molecule has 0 radical (unpaired) electrons. The van der Waals surface area contributed by atoms with Gasteiger partial charge in [-0.2, -0.15) is 0 Å². The first-order valence-corrected chi connectivity index (χ1v) is 6.76. The van der Waals surface area contributed by atoms with Crippen LogP contribution in [0.25, 0.3) is 0 Å². The first-order chi connectivity index (χ1) is 9.67. The Labute approximate surface area is 119 Å². The van der Waals surface area contributed by atoms with Crippen LogP contribution in [-0.4, -0.2) is 42.2 Å². The van der Waals surface area contributed by atoms with Gasteiger partial charge in [0.05, 0.1) is 12.7 Å². The molecule has 0 aromatic heterocycles. The fourth-order valence-corrected chi connectivity index (χ4v) is 2.47. The van der Waals surface area contributed by atoms with E-state index in [-0.39, 0.29) is 18.6 Å². The fraction of sp³-hybridized carbons (Fsp3) is 0.438. The number of rotatable bonds is 2. The highest BCUT2D eigenvalue weighted by molar-refractivity contribution is 5.95. The van der Waals surface area contributed by atoms with E-state index in [0.29, 0.717) is 16.9 Å². The third-order valence-corrected chi connectivity index (χ3v) is 3.56. The highest BCUT2D eigenvalue weighted by atomic mass is 16.5. The Morgan fingerprint density at radius 1 is 1.55 bits per heavy atom. The summed E-state index contributed by atoms with van der Waals surface area (Å²) in [6, 6.07) is 5.53. The lowest BCUT2D eigenvalue weighted by atomic mass is 10.1. The maximum absolute atomic E-state index is 12.5. The van der Waals surface area contributed by atoms with Gasteiger partial charge in [-0.1, -0.05) is 11.8 Å². The summed E-state index contributed by atoms with van der Waals surface area (Å²) >= 11 is 0. The summed E-state index contributed by atoms with van der Waals surface area (Å²) in [6.45, 7) is 2.66. The summed E-state index contributed by atoms with van der Waals surface area (Å²) in [5.74, 6) is 6.04. The zero-order chi connectivity index (χ0) is 14.5. The molecule has 4 nitrogen and oxygen atoms in total. The molecule has 1 aromatic rings. The van der Waals surface area contributed by atoms with Crippen LogP contribution in [0.3, 0.4) is 0 Å². The quantitative estimate of drug-likeness (QED) is 0.834. The molecule has 0 bridgehead atoms. The van der Waals surface area contributed by atoms with Crippen LogP contribution in [0.2, 0.25) is 0 Å². The molecule has 1 aliphatic rings. The summed E-state index contributed by atoms with van der Waals surface area (Å²) in [6.07, 6.45) is 2.11. The molecule has 0 aliphatic carbocycles. The molecule has 1 aromatic carbocycles. The predicted octanol–water partition coefficient (Wildman–Crippen LogP) is 1.66. The van der Waals surface area contributed by atoms with Crippen LogP contribution in [0, 0.1) is 11.8 Å². The Morgan fingerprint density at radius 3 is 2.95 bits per heavy atom. The van der Waals surface area contributed by atoms with Crippen LogP contribution in [0.1, 0.15) is 35.7 Å². The zero-order valence-electron chi connectivity index (χ0n) is 11.8. The van der Waals surface area contributed by atoms with Gasteiger partial charge in [-0.05, 0) is 38.0 Å². The van der Waals surface area contributed by atoms with Crippen LogP contribution in [-0.2, 0) is 0 Å². The van der Waals surface area contributed by atoms with E-state index in [0.717, 1.165) is 19.4 Å². The zero-order valence-corrected chi connectivity index (χ0v) is 11.8. The van der Waals surface area contributed by atoms with Gasteiger partial charge in [-0.15, -0.1) is 0 Å². The van der Waals surface area contributed by atoms with Gasteiger partial charge in [0.25, 0.3) is 5.91 Å². The van der Waals surface area contributed by atoms with Gasteiger partial charge >= 0.3 is 0 Å². The standard InChI is InChI=1S/C16H19NO3/c1-12-5-3-9-17(12)16(19)14-7-8-15(20-2)13(11-14)6-4-10-18/h7-8,11-12,18H,3,5,9-10H2,1-2H3. The van der Waals surface area contributed by atoms with E-state index in [1.54, 1.807) is 25.3 Å². The molecule has 20 heavy (non-hydrogen) atoms. The number of hydrogen-bond donors (Lipinski definition) is 1.